The second-order valence-electron chi connectivity index (χ2n) is 3.60. The van der Waals surface area contributed by atoms with Gasteiger partial charge in [-0.1, -0.05) is 23.7 Å². The van der Waals surface area contributed by atoms with Crippen LogP contribution in [0.5, 0.6) is 0 Å². The molecule has 0 saturated carbocycles. The van der Waals surface area contributed by atoms with Gasteiger partial charge in [0, 0.05) is 17.0 Å². The van der Waals surface area contributed by atoms with Gasteiger partial charge in [-0.2, -0.15) is 0 Å². The third kappa shape index (κ3) is 1.62. The Bertz CT molecular complexity index is 613. The minimum atomic E-state index is 0.775. The summed E-state index contributed by atoms with van der Waals surface area (Å²) in [5, 5.41) is 4.02. The maximum atomic E-state index is 6.21. The van der Waals surface area contributed by atoms with Gasteiger partial charge < -0.3 is 4.57 Å². The van der Waals surface area contributed by atoms with Crippen molar-refractivity contribution in [3.63, 3.8) is 0 Å². The summed E-state index contributed by atoms with van der Waals surface area (Å²) in [6.07, 6.45) is 2.05. The van der Waals surface area contributed by atoms with Crippen molar-refractivity contribution in [2.75, 3.05) is 0 Å². The van der Waals surface area contributed by atoms with Gasteiger partial charge in [0.2, 0.25) is 0 Å². The minimum absolute atomic E-state index is 0.775. The lowest BCUT2D eigenvalue weighted by Crippen LogP contribution is -1.98. The molecule has 0 aliphatic carbocycles. The number of benzene rings is 1. The Labute approximate surface area is 102 Å². The standard InChI is InChI=1S/C12H9ClN2S/c13-11-3-1-2-9-4-5-15(12(9)11)6-10-7-16-8-14-10/h1-5,7-8H,6H2. The average molecular weight is 249 g/mol. The highest BCUT2D eigenvalue weighted by Gasteiger charge is 2.05. The van der Waals surface area contributed by atoms with Crippen LogP contribution in [0.1, 0.15) is 5.69 Å². The Balaban J connectivity index is 2.10. The van der Waals surface area contributed by atoms with Crippen molar-refractivity contribution in [1.29, 1.82) is 0 Å². The number of rotatable bonds is 2. The number of fused-ring (bicyclic) bond motifs is 1. The van der Waals surface area contributed by atoms with E-state index in [-0.39, 0.29) is 0 Å². The Kier molecular flexibility index (Phi) is 2.42. The maximum absolute atomic E-state index is 6.21. The van der Waals surface area contributed by atoms with E-state index in [1.165, 1.54) is 5.39 Å². The van der Waals surface area contributed by atoms with Crippen LogP contribution in [-0.2, 0) is 6.54 Å². The molecule has 0 aliphatic rings. The van der Waals surface area contributed by atoms with E-state index >= 15 is 0 Å². The van der Waals surface area contributed by atoms with E-state index in [2.05, 4.69) is 33.3 Å². The van der Waals surface area contributed by atoms with Crippen molar-refractivity contribution in [3.8, 4) is 0 Å². The summed E-state index contributed by atoms with van der Waals surface area (Å²) in [5.41, 5.74) is 4.00. The number of hydrogen-bond acceptors (Lipinski definition) is 2. The first kappa shape index (κ1) is 9.87. The summed E-state index contributed by atoms with van der Waals surface area (Å²) in [6.45, 7) is 0.775. The second kappa shape index (κ2) is 3.92. The molecule has 0 N–H and O–H groups in total. The molecule has 2 aromatic heterocycles. The quantitative estimate of drug-likeness (QED) is 0.675. The zero-order valence-corrected chi connectivity index (χ0v) is 10.0. The van der Waals surface area contributed by atoms with Crippen molar-refractivity contribution in [2.45, 2.75) is 6.54 Å². The lowest BCUT2D eigenvalue weighted by molar-refractivity contribution is 0.815. The predicted molar refractivity (Wildman–Crippen MR) is 68.2 cm³/mol. The molecule has 0 fully saturated rings. The third-order valence-electron chi connectivity index (χ3n) is 2.56. The van der Waals surface area contributed by atoms with Crippen LogP contribution in [0.2, 0.25) is 5.02 Å². The van der Waals surface area contributed by atoms with Crippen molar-refractivity contribution < 1.29 is 0 Å². The largest absolute Gasteiger partial charge is 0.340 e. The van der Waals surface area contributed by atoms with E-state index in [0.717, 1.165) is 22.8 Å². The van der Waals surface area contributed by atoms with E-state index in [9.17, 15) is 0 Å². The van der Waals surface area contributed by atoms with Crippen molar-refractivity contribution >= 4 is 33.8 Å². The Morgan fingerprint density at radius 3 is 3.06 bits per heavy atom. The summed E-state index contributed by atoms with van der Waals surface area (Å²) in [7, 11) is 0. The summed E-state index contributed by atoms with van der Waals surface area (Å²) in [4.78, 5) is 4.28. The van der Waals surface area contributed by atoms with Crippen LogP contribution in [-0.4, -0.2) is 9.55 Å². The number of thiazole rings is 1. The molecule has 0 aliphatic heterocycles. The topological polar surface area (TPSA) is 17.8 Å². The van der Waals surface area contributed by atoms with Crippen LogP contribution in [0.4, 0.5) is 0 Å². The first-order valence-corrected chi connectivity index (χ1v) is 6.27. The Morgan fingerprint density at radius 1 is 1.31 bits per heavy atom. The summed E-state index contributed by atoms with van der Waals surface area (Å²) >= 11 is 7.82. The molecule has 16 heavy (non-hydrogen) atoms. The molecular weight excluding hydrogens is 240 g/mol. The van der Waals surface area contributed by atoms with Gasteiger partial charge in [0.05, 0.1) is 28.3 Å². The number of hydrogen-bond donors (Lipinski definition) is 0. The lowest BCUT2D eigenvalue weighted by atomic mass is 10.2. The highest BCUT2D eigenvalue weighted by atomic mass is 35.5. The zero-order chi connectivity index (χ0) is 11.0. The average Bonchev–Trinajstić information content (AvgIpc) is 2.90. The predicted octanol–water partition coefficient (Wildman–Crippen LogP) is 3.80. The molecule has 0 radical (unpaired) electrons. The molecule has 3 aromatic rings. The first-order chi connectivity index (χ1) is 7.84. The van der Waals surface area contributed by atoms with Crippen LogP contribution in [0, 0.1) is 0 Å². The number of aromatic nitrogens is 2. The molecule has 0 spiro atoms. The number of para-hydroxylation sites is 1. The van der Waals surface area contributed by atoms with Gasteiger partial charge in [0.25, 0.3) is 0 Å². The number of halogens is 1. The minimum Gasteiger partial charge on any atom is -0.340 e. The fraction of sp³-hybridized carbons (Fsp3) is 0.0833. The van der Waals surface area contributed by atoms with Crippen molar-refractivity contribution in [1.82, 2.24) is 9.55 Å². The molecule has 4 heteroatoms. The van der Waals surface area contributed by atoms with Gasteiger partial charge in [-0.15, -0.1) is 11.3 Å². The molecule has 0 unspecified atom stereocenters. The van der Waals surface area contributed by atoms with E-state index in [1.54, 1.807) is 11.3 Å². The van der Waals surface area contributed by atoms with E-state index in [0.29, 0.717) is 0 Å². The lowest BCUT2D eigenvalue weighted by Gasteiger charge is -2.04. The van der Waals surface area contributed by atoms with Crippen LogP contribution in [0.25, 0.3) is 10.9 Å². The van der Waals surface area contributed by atoms with Crippen molar-refractivity contribution in [2.24, 2.45) is 0 Å². The van der Waals surface area contributed by atoms with Gasteiger partial charge in [-0.25, -0.2) is 4.98 Å². The normalized spacial score (nSPS) is 11.1. The molecule has 1 aromatic carbocycles. The van der Waals surface area contributed by atoms with Crippen LogP contribution < -0.4 is 0 Å². The van der Waals surface area contributed by atoms with Gasteiger partial charge >= 0.3 is 0 Å². The highest BCUT2D eigenvalue weighted by Crippen LogP contribution is 2.24. The molecule has 0 amide bonds. The van der Waals surface area contributed by atoms with E-state index in [4.69, 9.17) is 11.6 Å². The fourth-order valence-corrected chi connectivity index (χ4v) is 2.68. The molecule has 2 nitrogen and oxygen atoms in total. The first-order valence-electron chi connectivity index (χ1n) is 4.95. The Hall–Kier alpha value is -1.32. The summed E-state index contributed by atoms with van der Waals surface area (Å²) in [6, 6.07) is 8.03. The van der Waals surface area contributed by atoms with Gasteiger partial charge in [-0.3, -0.25) is 0 Å². The van der Waals surface area contributed by atoms with E-state index < -0.39 is 0 Å². The third-order valence-corrected chi connectivity index (χ3v) is 3.50. The van der Waals surface area contributed by atoms with Crippen molar-refractivity contribution in [3.05, 3.63) is 52.1 Å². The summed E-state index contributed by atoms with van der Waals surface area (Å²) < 4.78 is 2.13. The summed E-state index contributed by atoms with van der Waals surface area (Å²) in [5.74, 6) is 0. The van der Waals surface area contributed by atoms with E-state index in [1.807, 2.05) is 17.6 Å². The molecule has 0 atom stereocenters. The van der Waals surface area contributed by atoms with Gasteiger partial charge in [0.15, 0.2) is 0 Å². The smallest absolute Gasteiger partial charge is 0.0795 e. The van der Waals surface area contributed by atoms with Crippen LogP contribution in [0.3, 0.4) is 0 Å². The molecule has 2 heterocycles. The molecule has 3 rings (SSSR count). The SMILES string of the molecule is Clc1cccc2ccn(Cc3cscn3)c12. The monoisotopic (exact) mass is 248 g/mol. The highest BCUT2D eigenvalue weighted by molar-refractivity contribution is 7.07. The van der Waals surface area contributed by atoms with Crippen LogP contribution >= 0.6 is 22.9 Å². The molecular formula is C12H9ClN2S. The molecule has 0 bridgehead atoms. The molecule has 0 saturated heterocycles. The second-order valence-corrected chi connectivity index (χ2v) is 4.73. The van der Waals surface area contributed by atoms with Gasteiger partial charge in [0.1, 0.15) is 0 Å². The zero-order valence-electron chi connectivity index (χ0n) is 8.43. The maximum Gasteiger partial charge on any atom is 0.0795 e. The Morgan fingerprint density at radius 2 is 2.25 bits per heavy atom. The number of nitrogens with zero attached hydrogens (tertiary/aromatic N) is 2. The molecule has 80 valence electrons. The fourth-order valence-electron chi connectivity index (χ4n) is 1.84. The van der Waals surface area contributed by atoms with Gasteiger partial charge in [-0.05, 0) is 12.1 Å². The van der Waals surface area contributed by atoms with Crippen LogP contribution in [0.15, 0.2) is 41.4 Å².